The number of rotatable bonds is 8. The van der Waals surface area contributed by atoms with E-state index in [0.29, 0.717) is 18.1 Å². The normalized spacial score (nSPS) is 15.4. The first-order valence-corrected chi connectivity index (χ1v) is 11.1. The number of methoxy groups -OCH3 is 1. The smallest absolute Gasteiger partial charge is 0.244 e. The van der Waals surface area contributed by atoms with Gasteiger partial charge in [-0.3, -0.25) is 9.48 Å². The number of ether oxygens (including phenoxy) is 2. The summed E-state index contributed by atoms with van der Waals surface area (Å²) in [4.78, 5) is 12.6. The Morgan fingerprint density at radius 3 is 2.84 bits per heavy atom. The van der Waals surface area contributed by atoms with Crippen molar-refractivity contribution in [3.63, 3.8) is 0 Å². The topological polar surface area (TPSA) is 65.4 Å². The van der Waals surface area contributed by atoms with Gasteiger partial charge >= 0.3 is 0 Å². The van der Waals surface area contributed by atoms with Gasteiger partial charge in [0, 0.05) is 17.3 Å². The molecular formula is C26H29N3O3. The van der Waals surface area contributed by atoms with Gasteiger partial charge in [-0.1, -0.05) is 36.4 Å². The van der Waals surface area contributed by atoms with E-state index in [1.54, 1.807) is 19.3 Å². The summed E-state index contributed by atoms with van der Waals surface area (Å²) in [5.74, 6) is 1.23. The molecule has 1 aromatic heterocycles. The maximum atomic E-state index is 12.6. The van der Waals surface area contributed by atoms with Crippen LogP contribution in [0.25, 0.3) is 6.08 Å². The highest BCUT2D eigenvalue weighted by Gasteiger charge is 2.25. The first kappa shape index (κ1) is 21.7. The lowest BCUT2D eigenvalue weighted by Crippen LogP contribution is -2.29. The van der Waals surface area contributed by atoms with Crippen molar-refractivity contribution in [1.29, 1.82) is 0 Å². The van der Waals surface area contributed by atoms with Crippen molar-refractivity contribution in [2.75, 3.05) is 13.7 Å². The Morgan fingerprint density at radius 2 is 2.06 bits per heavy atom. The molecule has 166 valence electrons. The van der Waals surface area contributed by atoms with Crippen LogP contribution in [0, 0.1) is 0 Å². The summed E-state index contributed by atoms with van der Waals surface area (Å²) < 4.78 is 13.0. The van der Waals surface area contributed by atoms with Gasteiger partial charge in [-0.05, 0) is 55.5 Å². The Morgan fingerprint density at radius 1 is 1.22 bits per heavy atom. The van der Waals surface area contributed by atoms with Gasteiger partial charge < -0.3 is 14.8 Å². The molecule has 0 spiro atoms. The molecule has 0 bridgehead atoms. The van der Waals surface area contributed by atoms with Crippen LogP contribution in [0.2, 0.25) is 0 Å². The third kappa shape index (κ3) is 5.02. The number of fused-ring (bicyclic) bond motifs is 1. The Bertz CT molecular complexity index is 1090. The molecule has 0 saturated carbocycles. The molecule has 32 heavy (non-hydrogen) atoms. The quantitative estimate of drug-likeness (QED) is 0.532. The summed E-state index contributed by atoms with van der Waals surface area (Å²) >= 11 is 0. The van der Waals surface area contributed by atoms with E-state index in [9.17, 15) is 4.79 Å². The molecule has 1 amide bonds. The summed E-state index contributed by atoms with van der Waals surface area (Å²) in [7, 11) is 1.61. The number of hydrogen-bond donors (Lipinski definition) is 1. The molecule has 2 aromatic carbocycles. The molecular weight excluding hydrogens is 402 g/mol. The van der Waals surface area contributed by atoms with Crippen LogP contribution < -0.4 is 14.8 Å². The number of nitrogens with zero attached hydrogens (tertiary/aromatic N) is 2. The number of carbonyl (C=O) groups is 1. The zero-order chi connectivity index (χ0) is 22.3. The molecule has 0 aliphatic heterocycles. The molecule has 0 saturated heterocycles. The molecule has 1 unspecified atom stereocenters. The Labute approximate surface area is 188 Å². The van der Waals surface area contributed by atoms with Crippen molar-refractivity contribution in [3.05, 3.63) is 83.2 Å². The van der Waals surface area contributed by atoms with Crippen LogP contribution in [0.4, 0.5) is 0 Å². The molecule has 4 rings (SSSR count). The zero-order valence-corrected chi connectivity index (χ0v) is 18.6. The van der Waals surface area contributed by atoms with Crippen molar-refractivity contribution in [2.45, 2.75) is 38.8 Å². The van der Waals surface area contributed by atoms with Crippen molar-refractivity contribution < 1.29 is 14.3 Å². The maximum Gasteiger partial charge on any atom is 0.244 e. The summed E-state index contributed by atoms with van der Waals surface area (Å²) in [6.45, 7) is 3.22. The first-order chi connectivity index (χ1) is 15.7. The third-order valence-electron chi connectivity index (χ3n) is 5.67. The van der Waals surface area contributed by atoms with Crippen LogP contribution in [-0.4, -0.2) is 29.4 Å². The number of amides is 1. The van der Waals surface area contributed by atoms with Crippen LogP contribution in [-0.2, 0) is 17.8 Å². The molecule has 1 atom stereocenters. The van der Waals surface area contributed by atoms with Gasteiger partial charge in [0.05, 0.1) is 32.5 Å². The minimum absolute atomic E-state index is 0.0183. The van der Waals surface area contributed by atoms with Gasteiger partial charge in [0.15, 0.2) is 11.5 Å². The highest BCUT2D eigenvalue weighted by molar-refractivity contribution is 5.92. The Hall–Kier alpha value is -3.54. The minimum Gasteiger partial charge on any atom is -0.493 e. The number of nitrogens with one attached hydrogen (secondary N) is 1. The largest absolute Gasteiger partial charge is 0.493 e. The van der Waals surface area contributed by atoms with Crippen molar-refractivity contribution in [2.24, 2.45) is 0 Å². The van der Waals surface area contributed by atoms with Crippen molar-refractivity contribution >= 4 is 12.0 Å². The molecule has 1 aliphatic carbocycles. The van der Waals surface area contributed by atoms with Crippen LogP contribution in [0.3, 0.4) is 0 Å². The van der Waals surface area contributed by atoms with Gasteiger partial charge in [0.2, 0.25) is 5.91 Å². The van der Waals surface area contributed by atoms with E-state index >= 15 is 0 Å². The van der Waals surface area contributed by atoms with Gasteiger partial charge in [-0.15, -0.1) is 0 Å². The van der Waals surface area contributed by atoms with Crippen molar-refractivity contribution in [1.82, 2.24) is 15.1 Å². The zero-order valence-electron chi connectivity index (χ0n) is 18.6. The SMILES string of the molecule is CCOc1cc(/C=C/C(=O)NC2CCCc3c2cnn3Cc2ccccc2)ccc1OC. The second-order valence-electron chi connectivity index (χ2n) is 7.82. The summed E-state index contributed by atoms with van der Waals surface area (Å²) in [6, 6.07) is 15.9. The second kappa shape index (κ2) is 10.2. The predicted molar refractivity (Wildman–Crippen MR) is 125 cm³/mol. The highest BCUT2D eigenvalue weighted by atomic mass is 16.5. The third-order valence-corrected chi connectivity index (χ3v) is 5.67. The molecule has 0 radical (unpaired) electrons. The Kier molecular flexibility index (Phi) is 6.90. The van der Waals surface area contributed by atoms with E-state index in [1.165, 1.54) is 11.3 Å². The fourth-order valence-corrected chi connectivity index (χ4v) is 4.12. The lowest BCUT2D eigenvalue weighted by Gasteiger charge is -2.23. The van der Waals surface area contributed by atoms with Gasteiger partial charge in [-0.25, -0.2) is 0 Å². The second-order valence-corrected chi connectivity index (χ2v) is 7.82. The number of aromatic nitrogens is 2. The fourth-order valence-electron chi connectivity index (χ4n) is 4.12. The standard InChI is InChI=1S/C26H29N3O3/c1-3-32-25-16-19(12-14-24(25)31-2)13-15-26(30)28-22-10-7-11-23-21(22)17-27-29(23)18-20-8-5-4-6-9-20/h4-6,8-9,12-17,22H,3,7,10-11,18H2,1-2H3,(H,28,30)/b15-13+. The van der Waals surface area contributed by atoms with Crippen LogP contribution in [0.5, 0.6) is 11.5 Å². The van der Waals surface area contributed by atoms with Crippen LogP contribution in [0.15, 0.2) is 60.8 Å². The number of benzene rings is 2. The summed E-state index contributed by atoms with van der Waals surface area (Å²) in [5, 5.41) is 7.76. The fraction of sp³-hybridized carbons (Fsp3) is 0.308. The maximum absolute atomic E-state index is 12.6. The minimum atomic E-state index is -0.118. The van der Waals surface area contributed by atoms with Gasteiger partial charge in [-0.2, -0.15) is 5.10 Å². The lowest BCUT2D eigenvalue weighted by molar-refractivity contribution is -0.117. The lowest BCUT2D eigenvalue weighted by atomic mass is 9.93. The van der Waals surface area contributed by atoms with E-state index in [2.05, 4.69) is 27.2 Å². The molecule has 6 nitrogen and oxygen atoms in total. The van der Waals surface area contributed by atoms with Gasteiger partial charge in [0.25, 0.3) is 0 Å². The summed E-state index contributed by atoms with van der Waals surface area (Å²) in [6.07, 6.45) is 8.19. The number of hydrogen-bond acceptors (Lipinski definition) is 4. The van der Waals surface area contributed by atoms with E-state index in [4.69, 9.17) is 9.47 Å². The van der Waals surface area contributed by atoms with E-state index in [1.807, 2.05) is 49.5 Å². The van der Waals surface area contributed by atoms with Gasteiger partial charge in [0.1, 0.15) is 0 Å². The molecule has 1 heterocycles. The number of carbonyl (C=O) groups excluding carboxylic acids is 1. The average Bonchev–Trinajstić information content (AvgIpc) is 3.22. The van der Waals surface area contributed by atoms with E-state index < -0.39 is 0 Å². The molecule has 1 aliphatic rings. The molecule has 0 fully saturated rings. The molecule has 3 aromatic rings. The molecule has 6 heteroatoms. The predicted octanol–water partition coefficient (Wildman–Crippen LogP) is 4.55. The monoisotopic (exact) mass is 431 g/mol. The highest BCUT2D eigenvalue weighted by Crippen LogP contribution is 2.30. The van der Waals surface area contributed by atoms with Crippen molar-refractivity contribution in [3.8, 4) is 11.5 Å². The van der Waals surface area contributed by atoms with Crippen LogP contribution >= 0.6 is 0 Å². The first-order valence-electron chi connectivity index (χ1n) is 11.1. The van der Waals surface area contributed by atoms with E-state index in [-0.39, 0.29) is 11.9 Å². The van der Waals surface area contributed by atoms with E-state index in [0.717, 1.165) is 36.9 Å². The summed E-state index contributed by atoms with van der Waals surface area (Å²) in [5.41, 5.74) is 4.44. The average molecular weight is 432 g/mol. The van der Waals surface area contributed by atoms with Crippen LogP contribution in [0.1, 0.15) is 48.2 Å². The Balaban J connectivity index is 1.43. The molecule has 1 N–H and O–H groups in total.